The average Bonchev–Trinajstić information content (AvgIpc) is 3.19. The van der Waals surface area contributed by atoms with E-state index in [1.54, 1.807) is 45.9 Å². The van der Waals surface area contributed by atoms with Crippen LogP contribution in [0.25, 0.3) is 22.2 Å². The maximum atomic E-state index is 12.9. The van der Waals surface area contributed by atoms with Gasteiger partial charge in [0.25, 0.3) is 0 Å². The molecule has 3 heterocycles. The van der Waals surface area contributed by atoms with E-state index in [4.69, 9.17) is 15.2 Å². The van der Waals surface area contributed by atoms with Crippen molar-refractivity contribution in [3.8, 4) is 16.9 Å². The van der Waals surface area contributed by atoms with Crippen LogP contribution < -0.4 is 5.73 Å². The van der Waals surface area contributed by atoms with Crippen molar-refractivity contribution in [1.29, 1.82) is 0 Å². The number of benzene rings is 1. The number of nitrogens with two attached hydrogens (primary N) is 1. The molecule has 0 spiro atoms. The van der Waals surface area contributed by atoms with Gasteiger partial charge in [0, 0.05) is 24.3 Å². The summed E-state index contributed by atoms with van der Waals surface area (Å²) in [6.45, 7) is 7.61. The number of rotatable bonds is 4. The number of carbonyl (C=O) groups is 2. The fraction of sp³-hybridized carbons (Fsp3) is 0.440. The van der Waals surface area contributed by atoms with Crippen LogP contribution in [-0.2, 0) is 14.3 Å². The monoisotopic (exact) mass is 481 g/mol. The third kappa shape index (κ3) is 5.01. The first-order valence-corrected chi connectivity index (χ1v) is 11.7. The van der Waals surface area contributed by atoms with Crippen molar-refractivity contribution in [2.24, 2.45) is 0 Å². The number of hydrogen-bond donors (Lipinski definition) is 2. The summed E-state index contributed by atoms with van der Waals surface area (Å²) in [5.41, 5.74) is 7.72. The van der Waals surface area contributed by atoms with Gasteiger partial charge in [-0.25, -0.2) is 19.6 Å². The van der Waals surface area contributed by atoms with Gasteiger partial charge < -0.3 is 24.9 Å². The molecule has 3 aromatic rings. The molecule has 0 aliphatic carbocycles. The Morgan fingerprint density at radius 2 is 2.03 bits per heavy atom. The Bertz CT molecular complexity index is 1250. The SMILES string of the molecule is CCOC(=O)C1CC(n2cc(-c3cccc(O)c3)c3c(N)ncnc32)CCN1C(=O)OC(C)(C)C. The van der Waals surface area contributed by atoms with E-state index in [1.165, 1.54) is 11.2 Å². The van der Waals surface area contributed by atoms with Crippen LogP contribution in [0.15, 0.2) is 36.8 Å². The van der Waals surface area contributed by atoms with E-state index in [2.05, 4.69) is 9.97 Å². The molecule has 2 aromatic heterocycles. The van der Waals surface area contributed by atoms with Crippen molar-refractivity contribution in [2.45, 2.75) is 58.2 Å². The van der Waals surface area contributed by atoms with Gasteiger partial charge in [-0.2, -0.15) is 0 Å². The van der Waals surface area contributed by atoms with Crippen LogP contribution >= 0.6 is 0 Å². The highest BCUT2D eigenvalue weighted by Crippen LogP contribution is 2.38. The molecule has 35 heavy (non-hydrogen) atoms. The molecule has 1 aromatic carbocycles. The predicted molar refractivity (Wildman–Crippen MR) is 131 cm³/mol. The highest BCUT2D eigenvalue weighted by Gasteiger charge is 2.40. The maximum Gasteiger partial charge on any atom is 0.411 e. The van der Waals surface area contributed by atoms with Crippen molar-refractivity contribution in [2.75, 3.05) is 18.9 Å². The van der Waals surface area contributed by atoms with Gasteiger partial charge in [0.15, 0.2) is 0 Å². The summed E-state index contributed by atoms with van der Waals surface area (Å²) >= 11 is 0. The number of phenolic OH excluding ortho intramolecular Hbond substituents is 1. The van der Waals surface area contributed by atoms with Crippen molar-refractivity contribution in [3.63, 3.8) is 0 Å². The molecular formula is C25H31N5O5. The number of carbonyl (C=O) groups excluding carboxylic acids is 2. The van der Waals surface area contributed by atoms with Gasteiger partial charge in [-0.3, -0.25) is 4.90 Å². The van der Waals surface area contributed by atoms with Crippen LogP contribution in [0.3, 0.4) is 0 Å². The number of aromatic nitrogens is 3. The Kier molecular flexibility index (Phi) is 6.56. The number of hydrogen-bond acceptors (Lipinski definition) is 8. The number of piperidine rings is 1. The number of fused-ring (bicyclic) bond motifs is 1. The fourth-order valence-electron chi connectivity index (χ4n) is 4.48. The van der Waals surface area contributed by atoms with Gasteiger partial charge in [0.2, 0.25) is 0 Å². The van der Waals surface area contributed by atoms with Crippen LogP contribution in [0.4, 0.5) is 10.6 Å². The second kappa shape index (κ2) is 9.44. The Labute approximate surface area is 203 Å². The lowest BCUT2D eigenvalue weighted by molar-refractivity contribution is -0.151. The number of phenols is 1. The zero-order valence-corrected chi connectivity index (χ0v) is 20.4. The number of likely N-dealkylation sites (tertiary alicyclic amines) is 1. The molecule has 1 aliphatic rings. The minimum atomic E-state index is -0.801. The second-order valence-electron chi connectivity index (χ2n) is 9.58. The highest BCUT2D eigenvalue weighted by molar-refractivity contribution is 6.00. The molecule has 0 radical (unpaired) electrons. The molecule has 1 aliphatic heterocycles. The summed E-state index contributed by atoms with van der Waals surface area (Å²) in [5.74, 6) is -0.0195. The van der Waals surface area contributed by atoms with Gasteiger partial charge in [-0.1, -0.05) is 12.1 Å². The van der Waals surface area contributed by atoms with Crippen LogP contribution in [0, 0.1) is 0 Å². The molecule has 2 unspecified atom stereocenters. The molecule has 0 bridgehead atoms. The lowest BCUT2D eigenvalue weighted by Gasteiger charge is -2.39. The topological polar surface area (TPSA) is 133 Å². The van der Waals surface area contributed by atoms with E-state index in [-0.39, 0.29) is 18.4 Å². The Hall–Kier alpha value is -3.82. The molecule has 2 atom stereocenters. The number of amides is 1. The number of anilines is 1. The molecule has 0 saturated carbocycles. The van der Waals surface area contributed by atoms with Gasteiger partial charge in [0.1, 0.15) is 35.2 Å². The molecule has 1 fully saturated rings. The smallest absolute Gasteiger partial charge is 0.411 e. The Balaban J connectivity index is 1.73. The van der Waals surface area contributed by atoms with E-state index in [0.717, 1.165) is 11.1 Å². The van der Waals surface area contributed by atoms with E-state index < -0.39 is 23.7 Å². The maximum absolute atomic E-state index is 12.9. The van der Waals surface area contributed by atoms with E-state index >= 15 is 0 Å². The third-order valence-corrected chi connectivity index (χ3v) is 5.95. The lowest BCUT2D eigenvalue weighted by atomic mass is 9.97. The summed E-state index contributed by atoms with van der Waals surface area (Å²) in [6, 6.07) is 5.91. The molecule has 1 saturated heterocycles. The second-order valence-corrected chi connectivity index (χ2v) is 9.58. The van der Waals surface area contributed by atoms with Gasteiger partial charge in [-0.05, 0) is 58.2 Å². The first-order valence-electron chi connectivity index (χ1n) is 11.7. The first kappa shape index (κ1) is 24.3. The molecule has 3 N–H and O–H groups in total. The minimum absolute atomic E-state index is 0.131. The molecule has 4 rings (SSSR count). The Morgan fingerprint density at radius 1 is 1.26 bits per heavy atom. The van der Waals surface area contributed by atoms with E-state index in [0.29, 0.717) is 36.2 Å². The van der Waals surface area contributed by atoms with Crippen molar-refractivity contribution in [3.05, 3.63) is 36.8 Å². The average molecular weight is 482 g/mol. The summed E-state index contributed by atoms with van der Waals surface area (Å²) in [4.78, 5) is 35.9. The quantitative estimate of drug-likeness (QED) is 0.536. The van der Waals surface area contributed by atoms with Crippen molar-refractivity contribution in [1.82, 2.24) is 19.4 Å². The summed E-state index contributed by atoms with van der Waals surface area (Å²) in [7, 11) is 0. The Morgan fingerprint density at radius 3 is 2.71 bits per heavy atom. The molecule has 1 amide bonds. The van der Waals surface area contributed by atoms with Crippen LogP contribution in [-0.4, -0.2) is 61.4 Å². The molecule has 10 heteroatoms. The van der Waals surface area contributed by atoms with Crippen LogP contribution in [0.2, 0.25) is 0 Å². The highest BCUT2D eigenvalue weighted by atomic mass is 16.6. The normalized spacial score (nSPS) is 18.5. The van der Waals surface area contributed by atoms with Crippen molar-refractivity contribution < 1.29 is 24.2 Å². The standard InChI is InChI=1S/C25H31N5O5/c1-5-34-23(32)19-12-16(9-10-29(19)24(33)35-25(2,3)4)30-13-18(15-7-6-8-17(31)11-15)20-21(26)27-14-28-22(20)30/h6-8,11,13-14,16,19,31H,5,9-10,12H2,1-4H3,(H2,26,27,28). The van der Waals surface area contributed by atoms with Gasteiger partial charge in [-0.15, -0.1) is 0 Å². The van der Waals surface area contributed by atoms with E-state index in [9.17, 15) is 14.7 Å². The number of ether oxygens (including phenoxy) is 2. The predicted octanol–water partition coefficient (Wildman–Crippen LogP) is 3.89. The zero-order valence-electron chi connectivity index (χ0n) is 20.4. The summed E-state index contributed by atoms with van der Waals surface area (Å²) in [5, 5.41) is 10.7. The summed E-state index contributed by atoms with van der Waals surface area (Å²) in [6.07, 6.45) is 3.67. The minimum Gasteiger partial charge on any atom is -0.508 e. The number of nitrogen functional groups attached to an aromatic ring is 1. The van der Waals surface area contributed by atoms with Gasteiger partial charge >= 0.3 is 12.1 Å². The largest absolute Gasteiger partial charge is 0.508 e. The zero-order chi connectivity index (χ0) is 25.3. The molecule has 186 valence electrons. The third-order valence-electron chi connectivity index (χ3n) is 5.95. The van der Waals surface area contributed by atoms with Crippen molar-refractivity contribution >= 4 is 28.9 Å². The fourth-order valence-corrected chi connectivity index (χ4v) is 4.48. The number of esters is 1. The molecular weight excluding hydrogens is 450 g/mol. The summed E-state index contributed by atoms with van der Waals surface area (Å²) < 4.78 is 12.8. The first-order chi connectivity index (χ1) is 16.6. The van der Waals surface area contributed by atoms with Gasteiger partial charge in [0.05, 0.1) is 12.0 Å². The van der Waals surface area contributed by atoms with Crippen LogP contribution in [0.1, 0.15) is 46.6 Å². The van der Waals surface area contributed by atoms with Crippen LogP contribution in [0.5, 0.6) is 5.75 Å². The van der Waals surface area contributed by atoms with E-state index in [1.807, 2.05) is 16.8 Å². The number of aromatic hydroxyl groups is 1. The number of nitrogens with zero attached hydrogens (tertiary/aromatic N) is 4. The molecule has 10 nitrogen and oxygen atoms in total. The lowest BCUT2D eigenvalue weighted by Crippen LogP contribution is -2.52.